The minimum atomic E-state index is -0.354. The van der Waals surface area contributed by atoms with Gasteiger partial charge < -0.3 is 15.4 Å². The molecule has 4 heteroatoms. The molecule has 3 atom stereocenters. The molecule has 1 aliphatic rings. The van der Waals surface area contributed by atoms with E-state index >= 15 is 0 Å². The van der Waals surface area contributed by atoms with Crippen molar-refractivity contribution in [1.29, 1.82) is 0 Å². The number of carbonyl (C=O) groups excluding carboxylic acids is 1. The zero-order chi connectivity index (χ0) is 10.7. The third-order valence-corrected chi connectivity index (χ3v) is 2.49. The summed E-state index contributed by atoms with van der Waals surface area (Å²) < 4.78 is 5.55. The normalized spacial score (nSPS) is 30.1. The third-order valence-electron chi connectivity index (χ3n) is 2.49. The second-order valence-electron chi connectivity index (χ2n) is 4.02. The van der Waals surface area contributed by atoms with Crippen LogP contribution in [-0.4, -0.2) is 42.1 Å². The molecule has 1 amide bonds. The van der Waals surface area contributed by atoms with Crippen LogP contribution in [0, 0.1) is 0 Å². The Morgan fingerprint density at radius 2 is 2.00 bits per heavy atom. The molecule has 0 aromatic heterocycles. The van der Waals surface area contributed by atoms with E-state index < -0.39 is 0 Å². The van der Waals surface area contributed by atoms with Gasteiger partial charge in [-0.05, 0) is 20.3 Å². The SMILES string of the molecule is CCC(N)C(=O)N1C[C@@H](C)O[C@@H](C)C1. The Balaban J connectivity index is 2.54. The van der Waals surface area contributed by atoms with Gasteiger partial charge in [-0.1, -0.05) is 6.92 Å². The first kappa shape index (κ1) is 11.5. The van der Waals surface area contributed by atoms with Crippen molar-refractivity contribution in [3.8, 4) is 0 Å². The molecule has 1 unspecified atom stereocenters. The average molecular weight is 200 g/mol. The van der Waals surface area contributed by atoms with Crippen LogP contribution in [0.1, 0.15) is 27.2 Å². The van der Waals surface area contributed by atoms with E-state index in [1.165, 1.54) is 0 Å². The van der Waals surface area contributed by atoms with Crippen molar-refractivity contribution in [3.63, 3.8) is 0 Å². The molecule has 4 nitrogen and oxygen atoms in total. The topological polar surface area (TPSA) is 55.6 Å². The largest absolute Gasteiger partial charge is 0.372 e. The van der Waals surface area contributed by atoms with Crippen molar-refractivity contribution in [2.45, 2.75) is 45.4 Å². The van der Waals surface area contributed by atoms with Gasteiger partial charge in [0.2, 0.25) is 5.91 Å². The number of amides is 1. The summed E-state index contributed by atoms with van der Waals surface area (Å²) in [6.07, 6.45) is 0.928. The lowest BCUT2D eigenvalue weighted by atomic mass is 10.1. The number of rotatable bonds is 2. The number of ether oxygens (including phenoxy) is 1. The second kappa shape index (κ2) is 4.75. The number of nitrogens with zero attached hydrogens (tertiary/aromatic N) is 1. The molecule has 1 heterocycles. The lowest BCUT2D eigenvalue weighted by Crippen LogP contribution is -2.53. The summed E-state index contributed by atoms with van der Waals surface area (Å²) in [5.74, 6) is 0.0505. The van der Waals surface area contributed by atoms with Crippen LogP contribution in [0.4, 0.5) is 0 Å². The van der Waals surface area contributed by atoms with Crippen LogP contribution in [0.3, 0.4) is 0 Å². The van der Waals surface area contributed by atoms with Crippen LogP contribution in [0.15, 0.2) is 0 Å². The molecular formula is C10H20N2O2. The van der Waals surface area contributed by atoms with Crippen molar-refractivity contribution in [1.82, 2.24) is 4.90 Å². The Bertz CT molecular complexity index is 198. The molecule has 1 saturated heterocycles. The van der Waals surface area contributed by atoms with E-state index in [2.05, 4.69) is 0 Å². The highest BCUT2D eigenvalue weighted by molar-refractivity contribution is 5.81. The van der Waals surface area contributed by atoms with Crippen LogP contribution in [0.25, 0.3) is 0 Å². The highest BCUT2D eigenvalue weighted by Crippen LogP contribution is 2.11. The number of carbonyl (C=O) groups is 1. The van der Waals surface area contributed by atoms with Crippen molar-refractivity contribution in [2.24, 2.45) is 5.73 Å². The molecule has 0 aliphatic carbocycles. The summed E-state index contributed by atoms with van der Waals surface area (Å²) in [4.78, 5) is 13.6. The highest BCUT2D eigenvalue weighted by Gasteiger charge is 2.27. The fourth-order valence-corrected chi connectivity index (χ4v) is 1.77. The molecule has 0 saturated carbocycles. The summed E-state index contributed by atoms with van der Waals surface area (Å²) in [5, 5.41) is 0. The van der Waals surface area contributed by atoms with E-state index in [9.17, 15) is 4.79 Å². The summed E-state index contributed by atoms with van der Waals surface area (Å²) in [5.41, 5.74) is 5.71. The van der Waals surface area contributed by atoms with Gasteiger partial charge in [0.1, 0.15) is 0 Å². The van der Waals surface area contributed by atoms with Gasteiger partial charge in [-0.15, -0.1) is 0 Å². The fourth-order valence-electron chi connectivity index (χ4n) is 1.77. The molecule has 1 aliphatic heterocycles. The van der Waals surface area contributed by atoms with Gasteiger partial charge in [0, 0.05) is 13.1 Å². The summed E-state index contributed by atoms with van der Waals surface area (Å²) in [6, 6.07) is -0.354. The first-order valence-electron chi connectivity index (χ1n) is 5.24. The average Bonchev–Trinajstić information content (AvgIpc) is 2.14. The predicted molar refractivity (Wildman–Crippen MR) is 54.9 cm³/mol. The Morgan fingerprint density at radius 3 is 2.43 bits per heavy atom. The fraction of sp³-hybridized carbons (Fsp3) is 0.900. The van der Waals surface area contributed by atoms with Gasteiger partial charge in [-0.25, -0.2) is 0 Å². The molecule has 0 spiro atoms. The van der Waals surface area contributed by atoms with Crippen molar-refractivity contribution >= 4 is 5.91 Å². The molecule has 0 radical (unpaired) electrons. The molecule has 0 aromatic rings. The lowest BCUT2D eigenvalue weighted by molar-refractivity contribution is -0.144. The minimum Gasteiger partial charge on any atom is -0.372 e. The van der Waals surface area contributed by atoms with Crippen LogP contribution in [0.2, 0.25) is 0 Å². The molecule has 1 fully saturated rings. The maximum Gasteiger partial charge on any atom is 0.239 e. The molecule has 14 heavy (non-hydrogen) atoms. The van der Waals surface area contributed by atoms with Crippen LogP contribution >= 0.6 is 0 Å². The monoisotopic (exact) mass is 200 g/mol. The van der Waals surface area contributed by atoms with Crippen molar-refractivity contribution in [3.05, 3.63) is 0 Å². The standard InChI is InChI=1S/C10H20N2O2/c1-4-9(11)10(13)12-5-7(2)14-8(3)6-12/h7-9H,4-6,11H2,1-3H3/t7-,8+,9?. The van der Waals surface area contributed by atoms with Gasteiger partial charge in [0.15, 0.2) is 0 Å². The minimum absolute atomic E-state index is 0.0505. The zero-order valence-electron chi connectivity index (χ0n) is 9.19. The number of morpholine rings is 1. The van der Waals surface area contributed by atoms with Gasteiger partial charge in [0.05, 0.1) is 18.2 Å². The van der Waals surface area contributed by atoms with E-state index in [1.54, 1.807) is 0 Å². The molecule has 2 N–H and O–H groups in total. The van der Waals surface area contributed by atoms with Crippen LogP contribution < -0.4 is 5.73 Å². The van der Waals surface area contributed by atoms with Gasteiger partial charge in [-0.2, -0.15) is 0 Å². The smallest absolute Gasteiger partial charge is 0.239 e. The van der Waals surface area contributed by atoms with Crippen LogP contribution in [-0.2, 0) is 9.53 Å². The summed E-state index contributed by atoms with van der Waals surface area (Å²) in [6.45, 7) is 7.21. The van der Waals surface area contributed by atoms with Gasteiger partial charge >= 0.3 is 0 Å². The van der Waals surface area contributed by atoms with E-state index in [0.717, 1.165) is 0 Å². The van der Waals surface area contributed by atoms with Crippen LogP contribution in [0.5, 0.6) is 0 Å². The Morgan fingerprint density at radius 1 is 1.50 bits per heavy atom. The maximum absolute atomic E-state index is 11.8. The predicted octanol–water partition coefficient (Wildman–Crippen LogP) is 0.359. The molecule has 0 aromatic carbocycles. The first-order valence-corrected chi connectivity index (χ1v) is 5.24. The highest BCUT2D eigenvalue weighted by atomic mass is 16.5. The lowest BCUT2D eigenvalue weighted by Gasteiger charge is -2.36. The van der Waals surface area contributed by atoms with E-state index in [-0.39, 0.29) is 24.2 Å². The maximum atomic E-state index is 11.8. The molecule has 0 bridgehead atoms. The number of hydrogen-bond donors (Lipinski definition) is 1. The second-order valence-corrected chi connectivity index (χ2v) is 4.02. The van der Waals surface area contributed by atoms with Gasteiger partial charge in [0.25, 0.3) is 0 Å². The van der Waals surface area contributed by atoms with Gasteiger partial charge in [-0.3, -0.25) is 4.79 Å². The summed E-state index contributed by atoms with van der Waals surface area (Å²) >= 11 is 0. The van der Waals surface area contributed by atoms with E-state index in [0.29, 0.717) is 19.5 Å². The molecular weight excluding hydrogens is 180 g/mol. The summed E-state index contributed by atoms with van der Waals surface area (Å²) in [7, 11) is 0. The quantitative estimate of drug-likeness (QED) is 0.700. The first-order chi connectivity index (χ1) is 6.54. The Kier molecular flexibility index (Phi) is 3.89. The Labute approximate surface area is 85.4 Å². The zero-order valence-corrected chi connectivity index (χ0v) is 9.19. The van der Waals surface area contributed by atoms with E-state index in [1.807, 2.05) is 25.7 Å². The van der Waals surface area contributed by atoms with Crippen molar-refractivity contribution in [2.75, 3.05) is 13.1 Å². The van der Waals surface area contributed by atoms with E-state index in [4.69, 9.17) is 10.5 Å². The third kappa shape index (κ3) is 2.69. The Hall–Kier alpha value is -0.610. The number of hydrogen-bond acceptors (Lipinski definition) is 3. The van der Waals surface area contributed by atoms with Crippen molar-refractivity contribution < 1.29 is 9.53 Å². The number of nitrogens with two attached hydrogens (primary N) is 1. The molecule has 1 rings (SSSR count). The molecule has 82 valence electrons.